The molecular formula is C26H23F3N2O5. The molecule has 0 saturated heterocycles. The molecule has 0 heterocycles. The van der Waals surface area contributed by atoms with Crippen LogP contribution < -0.4 is 14.8 Å². The lowest BCUT2D eigenvalue weighted by Crippen LogP contribution is -2.49. The molecule has 2 N–H and O–H groups in total. The first kappa shape index (κ1) is 26.3. The number of fused-ring (bicyclic) bond motifs is 1. The Morgan fingerprint density at radius 3 is 2.25 bits per heavy atom. The Balaban J connectivity index is 1.97. The summed E-state index contributed by atoms with van der Waals surface area (Å²) in [6.45, 7) is 4.91. The summed E-state index contributed by atoms with van der Waals surface area (Å²) in [5, 5.41) is 22.6. The molecule has 0 radical (unpaired) electrons. The average Bonchev–Trinajstić information content (AvgIpc) is 2.79. The third-order valence-electron chi connectivity index (χ3n) is 5.27. The van der Waals surface area contributed by atoms with Crippen LogP contribution in [0.2, 0.25) is 0 Å². The number of halogens is 3. The molecule has 10 heteroatoms. The van der Waals surface area contributed by atoms with E-state index in [1.165, 1.54) is 18.2 Å². The highest BCUT2D eigenvalue weighted by Crippen LogP contribution is 2.33. The number of hydrogen-bond donors (Lipinski definition) is 2. The van der Waals surface area contributed by atoms with E-state index in [0.29, 0.717) is 21.9 Å². The van der Waals surface area contributed by atoms with E-state index in [0.717, 1.165) is 12.1 Å². The molecule has 0 aliphatic carbocycles. The number of carboxylic acid groups (broad SMARTS) is 1. The number of nitriles is 1. The first-order chi connectivity index (χ1) is 16.8. The van der Waals surface area contributed by atoms with Gasteiger partial charge in [0, 0.05) is 5.39 Å². The van der Waals surface area contributed by atoms with Crippen molar-refractivity contribution in [1.82, 2.24) is 5.32 Å². The van der Waals surface area contributed by atoms with Gasteiger partial charge in [-0.05, 0) is 46.7 Å². The van der Waals surface area contributed by atoms with E-state index in [1.54, 1.807) is 45.0 Å². The van der Waals surface area contributed by atoms with Crippen LogP contribution in [0.5, 0.6) is 11.5 Å². The van der Waals surface area contributed by atoms with Crippen molar-refractivity contribution in [1.29, 1.82) is 5.26 Å². The molecule has 7 nitrogen and oxygen atoms in total. The normalized spacial score (nSPS) is 12.5. The molecule has 3 aromatic carbocycles. The van der Waals surface area contributed by atoms with Gasteiger partial charge in [-0.15, -0.1) is 13.2 Å². The number of aliphatic carboxylic acids is 1. The summed E-state index contributed by atoms with van der Waals surface area (Å²) in [5.41, 5.74) is 0.0670. The Bertz CT molecular complexity index is 1320. The van der Waals surface area contributed by atoms with Crippen molar-refractivity contribution in [2.45, 2.75) is 39.8 Å². The fraction of sp³-hybridized carbons (Fsp3) is 0.269. The van der Waals surface area contributed by atoms with Gasteiger partial charge >= 0.3 is 12.3 Å². The molecule has 0 fully saturated rings. The lowest BCUT2D eigenvalue weighted by atomic mass is 9.86. The molecule has 0 aliphatic rings. The van der Waals surface area contributed by atoms with Crippen LogP contribution in [0.4, 0.5) is 13.2 Å². The van der Waals surface area contributed by atoms with Gasteiger partial charge in [0.25, 0.3) is 5.91 Å². The van der Waals surface area contributed by atoms with Crippen LogP contribution >= 0.6 is 0 Å². The molecule has 0 bridgehead atoms. The van der Waals surface area contributed by atoms with Gasteiger partial charge in [-0.25, -0.2) is 4.79 Å². The minimum atomic E-state index is -4.82. The second-order valence-corrected chi connectivity index (χ2v) is 9.08. The predicted octanol–water partition coefficient (Wildman–Crippen LogP) is 5.42. The summed E-state index contributed by atoms with van der Waals surface area (Å²) < 4.78 is 47.0. The number of ether oxygens (including phenoxy) is 2. The van der Waals surface area contributed by atoms with Gasteiger partial charge in [-0.3, -0.25) is 4.79 Å². The van der Waals surface area contributed by atoms with Crippen molar-refractivity contribution in [3.05, 3.63) is 71.3 Å². The highest BCUT2D eigenvalue weighted by atomic mass is 19.4. The summed E-state index contributed by atoms with van der Waals surface area (Å²) in [4.78, 5) is 24.9. The molecule has 3 aromatic rings. The Morgan fingerprint density at radius 1 is 1.06 bits per heavy atom. The molecule has 188 valence electrons. The maximum absolute atomic E-state index is 13.2. The monoisotopic (exact) mass is 500 g/mol. The largest absolute Gasteiger partial charge is 0.573 e. The lowest BCUT2D eigenvalue weighted by molar-refractivity contribution is -0.274. The van der Waals surface area contributed by atoms with Crippen LogP contribution in [0, 0.1) is 16.7 Å². The summed E-state index contributed by atoms with van der Waals surface area (Å²) in [5.74, 6) is -2.18. The first-order valence-electron chi connectivity index (χ1n) is 10.8. The van der Waals surface area contributed by atoms with Crippen LogP contribution in [0.15, 0.2) is 54.6 Å². The fourth-order valence-corrected chi connectivity index (χ4v) is 3.50. The number of carbonyl (C=O) groups is 2. The van der Waals surface area contributed by atoms with Gasteiger partial charge in [0.05, 0.1) is 17.2 Å². The zero-order chi connectivity index (χ0) is 26.7. The molecule has 1 atom stereocenters. The topological polar surface area (TPSA) is 109 Å². The fourth-order valence-electron chi connectivity index (χ4n) is 3.50. The molecular weight excluding hydrogens is 477 g/mol. The van der Waals surface area contributed by atoms with Gasteiger partial charge in [-0.1, -0.05) is 45.0 Å². The molecule has 0 aromatic heterocycles. The van der Waals surface area contributed by atoms with E-state index in [4.69, 9.17) is 4.74 Å². The number of amides is 1. The van der Waals surface area contributed by atoms with Crippen LogP contribution in [0.25, 0.3) is 10.8 Å². The SMILES string of the molecule is CC(C)(C)[C@H](NC(=O)c1ccc2ccc(C#N)cc2c1OCc1ccc(OC(F)(F)F)cc1)C(=O)O. The van der Waals surface area contributed by atoms with Crippen LogP contribution in [-0.4, -0.2) is 29.4 Å². The minimum Gasteiger partial charge on any atom is -0.487 e. The zero-order valence-electron chi connectivity index (χ0n) is 19.6. The Kier molecular flexibility index (Phi) is 7.43. The van der Waals surface area contributed by atoms with E-state index in [-0.39, 0.29) is 17.9 Å². The van der Waals surface area contributed by atoms with E-state index >= 15 is 0 Å². The summed E-state index contributed by atoms with van der Waals surface area (Å²) in [7, 11) is 0. The van der Waals surface area contributed by atoms with Crippen molar-refractivity contribution >= 4 is 22.6 Å². The number of nitrogens with one attached hydrogen (secondary N) is 1. The number of alkyl halides is 3. The predicted molar refractivity (Wildman–Crippen MR) is 124 cm³/mol. The minimum absolute atomic E-state index is 0.0464. The van der Waals surface area contributed by atoms with E-state index in [9.17, 15) is 33.1 Å². The van der Waals surface area contributed by atoms with E-state index in [1.807, 2.05) is 6.07 Å². The van der Waals surface area contributed by atoms with Gasteiger partial charge in [0.15, 0.2) is 0 Å². The Morgan fingerprint density at radius 2 is 1.69 bits per heavy atom. The molecule has 1 amide bonds. The smallest absolute Gasteiger partial charge is 0.487 e. The van der Waals surface area contributed by atoms with E-state index in [2.05, 4.69) is 10.1 Å². The van der Waals surface area contributed by atoms with Crippen molar-refractivity contribution in [2.24, 2.45) is 5.41 Å². The van der Waals surface area contributed by atoms with Crippen molar-refractivity contribution in [3.63, 3.8) is 0 Å². The molecule has 36 heavy (non-hydrogen) atoms. The number of benzene rings is 3. The van der Waals surface area contributed by atoms with Gasteiger partial charge in [0.2, 0.25) is 0 Å². The number of rotatable bonds is 7. The van der Waals surface area contributed by atoms with Gasteiger partial charge in [-0.2, -0.15) is 5.26 Å². The van der Waals surface area contributed by atoms with Crippen molar-refractivity contribution in [2.75, 3.05) is 0 Å². The second kappa shape index (κ2) is 10.2. The maximum Gasteiger partial charge on any atom is 0.573 e. The Hall–Kier alpha value is -4.26. The summed E-state index contributed by atoms with van der Waals surface area (Å²) >= 11 is 0. The number of carboxylic acids is 1. The number of hydrogen-bond acceptors (Lipinski definition) is 5. The van der Waals surface area contributed by atoms with Crippen LogP contribution in [0.3, 0.4) is 0 Å². The molecule has 0 saturated carbocycles. The quantitative estimate of drug-likeness (QED) is 0.449. The van der Waals surface area contributed by atoms with Crippen molar-refractivity contribution < 1.29 is 37.3 Å². The standard InChI is InChI=1S/C26H23F3N2O5/c1-25(2,3)22(24(33)34)31-23(32)19-11-8-17-7-4-16(13-30)12-20(17)21(19)35-14-15-5-9-18(10-6-15)36-26(27,28)29/h4-12,22H,14H2,1-3H3,(H,31,32)(H,33,34)/t22-/m1/s1. The Labute approximate surface area is 205 Å². The summed E-state index contributed by atoms with van der Waals surface area (Å²) in [6, 6.07) is 13.8. The zero-order valence-corrected chi connectivity index (χ0v) is 19.6. The number of carbonyl (C=O) groups excluding carboxylic acids is 1. The summed E-state index contributed by atoms with van der Waals surface area (Å²) in [6.07, 6.45) is -4.82. The van der Waals surface area contributed by atoms with Crippen LogP contribution in [0.1, 0.15) is 42.3 Å². The lowest BCUT2D eigenvalue weighted by Gasteiger charge is -2.28. The first-order valence-corrected chi connectivity index (χ1v) is 10.8. The molecule has 0 unspecified atom stereocenters. The highest BCUT2D eigenvalue weighted by Gasteiger charge is 2.34. The van der Waals surface area contributed by atoms with Gasteiger partial charge < -0.3 is 19.9 Å². The molecule has 0 spiro atoms. The van der Waals surface area contributed by atoms with Crippen molar-refractivity contribution in [3.8, 4) is 17.6 Å². The maximum atomic E-state index is 13.2. The second-order valence-electron chi connectivity index (χ2n) is 9.08. The molecule has 3 rings (SSSR count). The average molecular weight is 500 g/mol. The molecule has 0 aliphatic heterocycles. The number of nitrogens with zero attached hydrogens (tertiary/aromatic N) is 1. The third kappa shape index (κ3) is 6.44. The van der Waals surface area contributed by atoms with Crippen LogP contribution in [-0.2, 0) is 11.4 Å². The highest BCUT2D eigenvalue weighted by molar-refractivity contribution is 6.05. The third-order valence-corrected chi connectivity index (χ3v) is 5.27. The van der Waals surface area contributed by atoms with E-state index < -0.39 is 35.4 Å². The van der Waals surface area contributed by atoms with Gasteiger partial charge in [0.1, 0.15) is 24.1 Å².